The van der Waals surface area contributed by atoms with Gasteiger partial charge in [-0.25, -0.2) is 0 Å². The molecule has 98 valence electrons. The van der Waals surface area contributed by atoms with Crippen molar-refractivity contribution in [1.82, 2.24) is 6.15 Å². The van der Waals surface area contributed by atoms with Crippen molar-refractivity contribution in [3.63, 3.8) is 0 Å². The fraction of sp³-hybridized carbons (Fsp3) is 0. The molecule has 0 spiro atoms. The quantitative estimate of drug-likeness (QED) is 0.258. The zero-order valence-corrected chi connectivity index (χ0v) is 8.10. The first-order valence-corrected chi connectivity index (χ1v) is 2.00. The van der Waals surface area contributed by atoms with Gasteiger partial charge in [-0.1, -0.05) is 0 Å². The number of quaternary nitrogens is 1. The van der Waals surface area contributed by atoms with Crippen molar-refractivity contribution < 1.29 is 67.4 Å². The van der Waals surface area contributed by atoms with E-state index in [0.717, 1.165) is 0 Å². The van der Waals surface area contributed by atoms with E-state index in [2.05, 4.69) is 0 Å². The molecule has 0 saturated carbocycles. The summed E-state index contributed by atoms with van der Waals surface area (Å²) in [7, 11) is -5.17. The molecule has 0 aromatic carbocycles. The molecule has 0 radical (unpaired) electrons. The average Bonchev–Trinajstić information content (AvgIpc) is 0.722. The zero-order chi connectivity index (χ0) is 4.50. The van der Waals surface area contributed by atoms with E-state index in [9.17, 15) is 0 Å². The molecule has 13 heteroatoms. The molecule has 0 aliphatic heterocycles. The van der Waals surface area contributed by atoms with Crippen molar-refractivity contribution in [2.24, 2.45) is 0 Å². The first kappa shape index (κ1) is 114. The van der Waals surface area contributed by atoms with Crippen LogP contribution in [0.1, 0.15) is 0 Å². The van der Waals surface area contributed by atoms with E-state index >= 15 is 0 Å². The molecule has 0 saturated heterocycles. The van der Waals surface area contributed by atoms with Crippen LogP contribution in [0.2, 0.25) is 0 Å². The Balaban J connectivity index is -0.00000000286. The van der Waals surface area contributed by atoms with Crippen LogP contribution >= 0.6 is 0 Å². The van der Waals surface area contributed by atoms with E-state index in [-0.39, 0.29) is 56.1 Å². The van der Waals surface area contributed by atoms with Gasteiger partial charge in [0.2, 0.25) is 0 Å². The van der Waals surface area contributed by atoms with E-state index in [1.54, 1.807) is 0 Å². The van der Waals surface area contributed by atoms with Crippen LogP contribution < -0.4 is 6.15 Å². The summed E-state index contributed by atoms with van der Waals surface area (Å²) >= 11 is 0. The minimum absolute atomic E-state index is 0. The van der Waals surface area contributed by atoms with Crippen LogP contribution in [0.3, 0.4) is 0 Å². The van der Waals surface area contributed by atoms with Gasteiger partial charge in [-0.2, -0.15) is 0 Å². The number of hydrogen-bond acceptors (Lipinski definition) is 4. The SMILES string of the molecule is O.O.O.O.O.O.O=S(=O)([O-])[O-].[Cu+].[NH4+]. The van der Waals surface area contributed by atoms with Gasteiger partial charge in [-0.3, -0.25) is 8.42 Å². The van der Waals surface area contributed by atoms with Crippen molar-refractivity contribution in [2.45, 2.75) is 0 Å². The summed E-state index contributed by atoms with van der Waals surface area (Å²) < 4.78 is 34.1. The smallest absolute Gasteiger partial charge is 0.759 e. The summed E-state index contributed by atoms with van der Waals surface area (Å²) in [5.74, 6) is 0. The topological polar surface area (TPSA) is 306 Å². The van der Waals surface area contributed by atoms with Crippen LogP contribution in [0.4, 0.5) is 0 Å². The van der Waals surface area contributed by atoms with Gasteiger partial charge in [-0.05, 0) is 0 Å². The Hall–Kier alpha value is 0.109. The van der Waals surface area contributed by atoms with Crippen molar-refractivity contribution >= 4 is 10.4 Å². The first-order chi connectivity index (χ1) is 2.00. The van der Waals surface area contributed by atoms with Gasteiger partial charge in [0.15, 0.2) is 0 Å². The van der Waals surface area contributed by atoms with E-state index in [1.165, 1.54) is 0 Å². The molecule has 0 fully saturated rings. The Kier molecular flexibility index (Phi) is 351. The third-order valence-corrected chi connectivity index (χ3v) is 0. The minimum atomic E-state index is -5.17. The molecule has 0 aromatic heterocycles. The fourth-order valence-electron chi connectivity index (χ4n) is 0. The Labute approximate surface area is 84.6 Å². The second kappa shape index (κ2) is 40.0. The summed E-state index contributed by atoms with van der Waals surface area (Å²) in [5.41, 5.74) is 0. The second-order valence-electron chi connectivity index (χ2n) is 0.408. The summed E-state index contributed by atoms with van der Waals surface area (Å²) in [6.07, 6.45) is 0. The minimum Gasteiger partial charge on any atom is -0.759 e. The molecule has 0 atom stereocenters. The third-order valence-electron chi connectivity index (χ3n) is 0. The summed E-state index contributed by atoms with van der Waals surface area (Å²) in [6, 6.07) is 0. The van der Waals surface area contributed by atoms with Gasteiger partial charge < -0.3 is 48.1 Å². The van der Waals surface area contributed by atoms with Crippen molar-refractivity contribution in [3.05, 3.63) is 0 Å². The largest absolute Gasteiger partial charge is 1.00 e. The second-order valence-corrected chi connectivity index (χ2v) is 1.22. The van der Waals surface area contributed by atoms with Crippen LogP contribution in [0.25, 0.3) is 0 Å². The molecule has 16 N–H and O–H groups in total. The maximum Gasteiger partial charge on any atom is 1.00 e. The average molecular weight is 286 g/mol. The van der Waals surface area contributed by atoms with Crippen LogP contribution in [0.5, 0.6) is 0 Å². The predicted octanol–water partition coefficient (Wildman–Crippen LogP) is -5.91. The Morgan fingerprint density at radius 1 is 0.692 bits per heavy atom. The summed E-state index contributed by atoms with van der Waals surface area (Å²) in [5, 5.41) is 0. The van der Waals surface area contributed by atoms with Gasteiger partial charge >= 0.3 is 17.1 Å². The summed E-state index contributed by atoms with van der Waals surface area (Å²) in [4.78, 5) is 0. The maximum atomic E-state index is 8.52. The van der Waals surface area contributed by atoms with Gasteiger partial charge in [-0.15, -0.1) is 0 Å². The predicted molar refractivity (Wildman–Crippen MR) is 38.1 cm³/mol. The van der Waals surface area contributed by atoms with Crippen molar-refractivity contribution in [3.8, 4) is 0 Å². The Morgan fingerprint density at radius 3 is 0.692 bits per heavy atom. The van der Waals surface area contributed by atoms with E-state index in [4.69, 9.17) is 17.5 Å². The van der Waals surface area contributed by atoms with Gasteiger partial charge in [0.05, 0.1) is 0 Å². The molecular weight excluding hydrogens is 270 g/mol. The molecule has 13 heavy (non-hydrogen) atoms. The third kappa shape index (κ3) is 103000. The van der Waals surface area contributed by atoms with E-state index in [1.807, 2.05) is 0 Å². The van der Waals surface area contributed by atoms with Gasteiger partial charge in [0.1, 0.15) is 0 Å². The molecule has 0 rings (SSSR count). The number of rotatable bonds is 0. The number of hydrogen-bond donors (Lipinski definition) is 1. The molecule has 0 aliphatic rings. The van der Waals surface area contributed by atoms with Gasteiger partial charge in [0, 0.05) is 10.4 Å². The molecule has 11 nitrogen and oxygen atoms in total. The van der Waals surface area contributed by atoms with Crippen LogP contribution in [0.15, 0.2) is 0 Å². The van der Waals surface area contributed by atoms with Crippen molar-refractivity contribution in [2.75, 3.05) is 0 Å². The monoisotopic (exact) mass is 285 g/mol. The van der Waals surface area contributed by atoms with E-state index < -0.39 is 10.4 Å². The van der Waals surface area contributed by atoms with Crippen molar-refractivity contribution in [1.29, 1.82) is 0 Å². The van der Waals surface area contributed by atoms with Crippen LogP contribution in [0, 0.1) is 0 Å². The Morgan fingerprint density at radius 2 is 0.692 bits per heavy atom. The summed E-state index contributed by atoms with van der Waals surface area (Å²) in [6.45, 7) is 0. The normalized spacial score (nSPS) is 4.46. The fourth-order valence-corrected chi connectivity index (χ4v) is 0. The molecular formula is H16CuNO10S. The molecule has 0 aliphatic carbocycles. The molecule has 0 bridgehead atoms. The molecule has 0 unspecified atom stereocenters. The standard InChI is InChI=1S/Cu.H3N.H2O4S.6H2O/c;;1-5(2,3)4;;;;;;/h;1H3;(H2,1,2,3,4);6*1H2/q+1;;;;;;;;/p-1. The molecule has 0 aromatic rings. The molecule has 0 amide bonds. The Bertz CT molecular complexity index is 98.1. The van der Waals surface area contributed by atoms with E-state index in [0.29, 0.717) is 0 Å². The molecule has 0 heterocycles. The van der Waals surface area contributed by atoms with Crippen LogP contribution in [-0.2, 0) is 27.5 Å². The first-order valence-electron chi connectivity index (χ1n) is 0.667. The van der Waals surface area contributed by atoms with Gasteiger partial charge in [0.25, 0.3) is 0 Å². The van der Waals surface area contributed by atoms with Crippen LogP contribution in [-0.4, -0.2) is 50.4 Å². The zero-order valence-electron chi connectivity index (χ0n) is 6.34. The maximum absolute atomic E-state index is 8.52.